The predicted molar refractivity (Wildman–Crippen MR) is 139 cm³/mol. The second kappa shape index (κ2) is 12.9. The van der Waals surface area contributed by atoms with E-state index in [0.717, 1.165) is 17.3 Å². The van der Waals surface area contributed by atoms with E-state index in [1.165, 1.54) is 7.11 Å². The lowest BCUT2D eigenvalue weighted by atomic mass is 9.91. The van der Waals surface area contributed by atoms with E-state index in [0.29, 0.717) is 60.9 Å². The number of hydrogen-bond acceptors (Lipinski definition) is 10. The highest BCUT2D eigenvalue weighted by Gasteiger charge is 2.39. The molecule has 10 nitrogen and oxygen atoms in total. The van der Waals surface area contributed by atoms with Crippen LogP contribution in [0.15, 0.2) is 29.5 Å². The third-order valence-corrected chi connectivity index (χ3v) is 7.19. The number of methoxy groups -OCH3 is 1. The molecule has 3 heterocycles. The summed E-state index contributed by atoms with van der Waals surface area (Å²) < 4.78 is 56.3. The number of nitrogens with one attached hydrogen (secondary N) is 3. The summed E-state index contributed by atoms with van der Waals surface area (Å²) in [6, 6.07) is 3.12. The van der Waals surface area contributed by atoms with Crippen LogP contribution in [0.1, 0.15) is 55.7 Å². The minimum absolute atomic E-state index is 0.0319. The molecule has 3 aliphatic rings. The van der Waals surface area contributed by atoms with E-state index >= 15 is 0 Å². The van der Waals surface area contributed by atoms with Gasteiger partial charge in [0.25, 0.3) is 0 Å². The summed E-state index contributed by atoms with van der Waals surface area (Å²) >= 11 is 0. The molecule has 0 amide bonds. The Balaban J connectivity index is 1.71. The third kappa shape index (κ3) is 6.88. The van der Waals surface area contributed by atoms with Crippen molar-refractivity contribution in [1.82, 2.24) is 15.9 Å². The molecular weight excluding hydrogens is 533 g/mol. The number of hydroxylamine groups is 1. The Morgan fingerprint density at radius 3 is 2.75 bits per heavy atom. The number of hydrogen-bond donors (Lipinski definition) is 4. The van der Waals surface area contributed by atoms with Gasteiger partial charge in [-0.1, -0.05) is 6.07 Å². The SMILES string of the molecule is CCOC(=O)[C@@H]1CC[C@@H](Nc2ccc3c(c2CCC(=O)OC)COCCCC2=C3N(O)NC(C(F)(F)F)=C2)CN1. The number of anilines is 1. The maximum absolute atomic E-state index is 13.5. The summed E-state index contributed by atoms with van der Waals surface area (Å²) in [5, 5.41) is 17.9. The normalized spacial score (nSPS) is 21.6. The molecule has 1 aromatic carbocycles. The van der Waals surface area contributed by atoms with Gasteiger partial charge in [-0.3, -0.25) is 20.2 Å². The average Bonchev–Trinajstić information content (AvgIpc) is 3.01. The standard InChI is InChI=1S/C27H35F3N4O6/c1-3-40-26(36)22-9-6-17(14-31-22)32-21-10-7-19-20(18(21)8-11-24(35)38-2)15-39-12-4-5-16-13-23(27(28,29)30)33-34(37)25(16)19/h7,10,13,17,22,31-33,37H,3-6,8-9,11-12,14-15H2,1-2H3/t17-,22+/m1/s1. The Hall–Kier alpha value is -3.29. The van der Waals surface area contributed by atoms with Crippen LogP contribution in [-0.2, 0) is 36.8 Å². The maximum Gasteiger partial charge on any atom is 0.432 e. The maximum atomic E-state index is 13.5. The second-order valence-corrected chi connectivity index (χ2v) is 9.83. The summed E-state index contributed by atoms with van der Waals surface area (Å²) in [5.41, 5.74) is 4.12. The monoisotopic (exact) mass is 568 g/mol. The van der Waals surface area contributed by atoms with Crippen molar-refractivity contribution in [2.24, 2.45) is 0 Å². The van der Waals surface area contributed by atoms with Gasteiger partial charge in [-0.25, -0.2) is 0 Å². The van der Waals surface area contributed by atoms with Gasteiger partial charge in [0.2, 0.25) is 0 Å². The van der Waals surface area contributed by atoms with Crippen molar-refractivity contribution in [3.63, 3.8) is 0 Å². The summed E-state index contributed by atoms with van der Waals surface area (Å²) in [6.07, 6.45) is -1.31. The Morgan fingerprint density at radius 1 is 1.27 bits per heavy atom. The topological polar surface area (TPSA) is 121 Å². The molecule has 2 atom stereocenters. The number of piperidine rings is 1. The number of nitrogens with zero attached hydrogens (tertiary/aromatic N) is 1. The highest BCUT2D eigenvalue weighted by molar-refractivity contribution is 5.77. The van der Waals surface area contributed by atoms with Crippen LogP contribution in [0, 0.1) is 0 Å². The molecular formula is C27H35F3N4O6. The Morgan fingerprint density at radius 2 is 2.08 bits per heavy atom. The zero-order valence-electron chi connectivity index (χ0n) is 22.5. The van der Waals surface area contributed by atoms with Gasteiger partial charge in [0.1, 0.15) is 11.7 Å². The lowest BCUT2D eigenvalue weighted by Crippen LogP contribution is -2.49. The predicted octanol–water partition coefficient (Wildman–Crippen LogP) is 3.56. The van der Waals surface area contributed by atoms with Gasteiger partial charge >= 0.3 is 18.1 Å². The molecule has 0 spiro atoms. The molecule has 3 aliphatic heterocycles. The molecule has 0 radical (unpaired) electrons. The van der Waals surface area contributed by atoms with E-state index in [-0.39, 0.29) is 49.6 Å². The van der Waals surface area contributed by atoms with Crippen LogP contribution in [0.2, 0.25) is 0 Å². The number of fused-ring (bicyclic) bond motifs is 2. The summed E-state index contributed by atoms with van der Waals surface area (Å²) in [4.78, 5) is 24.2. The first kappa shape index (κ1) is 29.7. The number of hydrazine groups is 1. The molecule has 13 heteroatoms. The fourth-order valence-electron chi connectivity index (χ4n) is 5.22. The van der Waals surface area contributed by atoms with Crippen LogP contribution >= 0.6 is 0 Å². The van der Waals surface area contributed by atoms with Crippen LogP contribution in [0.4, 0.5) is 18.9 Å². The van der Waals surface area contributed by atoms with Crippen molar-refractivity contribution in [3.8, 4) is 0 Å². The smallest absolute Gasteiger partial charge is 0.432 e. The summed E-state index contributed by atoms with van der Waals surface area (Å²) in [5.74, 6) is -0.694. The lowest BCUT2D eigenvalue weighted by Gasteiger charge is -2.33. The number of esters is 2. The van der Waals surface area contributed by atoms with E-state index < -0.39 is 17.8 Å². The summed E-state index contributed by atoms with van der Waals surface area (Å²) in [6.45, 7) is 3.01. The van der Waals surface area contributed by atoms with Crippen molar-refractivity contribution in [3.05, 3.63) is 46.2 Å². The molecule has 4 N–H and O–H groups in total. The first-order valence-electron chi connectivity index (χ1n) is 13.4. The number of allylic oxidation sites excluding steroid dienone is 3. The minimum atomic E-state index is -4.67. The number of benzene rings is 1. The minimum Gasteiger partial charge on any atom is -0.469 e. The molecule has 0 unspecified atom stereocenters. The number of carbonyl (C=O) groups is 2. The number of alkyl halides is 3. The lowest BCUT2D eigenvalue weighted by molar-refractivity contribution is -0.146. The molecule has 1 aromatic rings. The fourth-order valence-corrected chi connectivity index (χ4v) is 5.22. The van der Waals surface area contributed by atoms with E-state index in [1.54, 1.807) is 19.1 Å². The van der Waals surface area contributed by atoms with Crippen molar-refractivity contribution >= 4 is 23.3 Å². The molecule has 0 bridgehead atoms. The van der Waals surface area contributed by atoms with Crippen LogP contribution in [-0.4, -0.2) is 67.4 Å². The Bertz CT molecular complexity index is 1160. The van der Waals surface area contributed by atoms with E-state index in [4.69, 9.17) is 14.2 Å². The summed E-state index contributed by atoms with van der Waals surface area (Å²) in [7, 11) is 1.30. The van der Waals surface area contributed by atoms with Crippen LogP contribution in [0.5, 0.6) is 0 Å². The van der Waals surface area contributed by atoms with Gasteiger partial charge < -0.3 is 24.8 Å². The van der Waals surface area contributed by atoms with Crippen molar-refractivity contribution in [1.29, 1.82) is 0 Å². The molecule has 40 heavy (non-hydrogen) atoms. The van der Waals surface area contributed by atoms with Gasteiger partial charge in [0, 0.05) is 36.9 Å². The highest BCUT2D eigenvalue weighted by Crippen LogP contribution is 2.39. The molecule has 0 saturated carbocycles. The van der Waals surface area contributed by atoms with Gasteiger partial charge in [-0.2, -0.15) is 18.3 Å². The van der Waals surface area contributed by atoms with Gasteiger partial charge in [0.15, 0.2) is 0 Å². The number of halogens is 3. The highest BCUT2D eigenvalue weighted by atomic mass is 19.4. The number of rotatable bonds is 7. The largest absolute Gasteiger partial charge is 0.469 e. The average molecular weight is 569 g/mol. The van der Waals surface area contributed by atoms with Crippen molar-refractivity contribution in [2.45, 2.75) is 70.3 Å². The zero-order valence-corrected chi connectivity index (χ0v) is 22.5. The fraction of sp³-hybridized carbons (Fsp3) is 0.556. The quantitative estimate of drug-likeness (QED) is 0.364. The molecule has 0 aromatic heterocycles. The first-order valence-corrected chi connectivity index (χ1v) is 13.4. The van der Waals surface area contributed by atoms with Gasteiger partial charge in [-0.05, 0) is 67.9 Å². The first-order chi connectivity index (χ1) is 19.1. The van der Waals surface area contributed by atoms with Crippen molar-refractivity contribution in [2.75, 3.05) is 32.2 Å². The Kier molecular flexibility index (Phi) is 9.59. The molecule has 1 fully saturated rings. The number of carbonyl (C=O) groups excluding carboxylic acids is 2. The Labute approximate surface area is 230 Å². The third-order valence-electron chi connectivity index (χ3n) is 7.19. The molecule has 220 valence electrons. The zero-order chi connectivity index (χ0) is 28.9. The van der Waals surface area contributed by atoms with E-state index in [2.05, 4.69) is 10.6 Å². The van der Waals surface area contributed by atoms with Crippen LogP contribution in [0.3, 0.4) is 0 Å². The van der Waals surface area contributed by atoms with Crippen LogP contribution in [0.25, 0.3) is 5.70 Å². The van der Waals surface area contributed by atoms with Gasteiger partial charge in [-0.15, -0.1) is 0 Å². The molecule has 4 rings (SSSR count). The molecule has 0 aliphatic carbocycles. The van der Waals surface area contributed by atoms with E-state index in [9.17, 15) is 28.0 Å². The van der Waals surface area contributed by atoms with Crippen LogP contribution < -0.4 is 16.1 Å². The molecule has 1 saturated heterocycles. The van der Waals surface area contributed by atoms with E-state index in [1.807, 2.05) is 5.43 Å². The number of ether oxygens (including phenoxy) is 3. The second-order valence-electron chi connectivity index (χ2n) is 9.83. The van der Waals surface area contributed by atoms with Gasteiger partial charge in [0.05, 0.1) is 26.0 Å². The van der Waals surface area contributed by atoms with Crippen molar-refractivity contribution < 1.29 is 42.2 Å².